The van der Waals surface area contributed by atoms with E-state index in [-0.39, 0.29) is 12.5 Å². The number of hydrogen-bond donors (Lipinski definition) is 3. The maximum absolute atomic E-state index is 12.4. The van der Waals surface area contributed by atoms with Gasteiger partial charge in [-0.25, -0.2) is 4.79 Å². The van der Waals surface area contributed by atoms with Gasteiger partial charge in [-0.1, -0.05) is 50.8 Å². The summed E-state index contributed by atoms with van der Waals surface area (Å²) in [5.41, 5.74) is 8.72. The molecule has 0 aliphatic carbocycles. The number of hydrogen-bond acceptors (Lipinski definition) is 5. The van der Waals surface area contributed by atoms with Crippen molar-refractivity contribution < 1.29 is 14.3 Å². The van der Waals surface area contributed by atoms with Crippen molar-refractivity contribution in [3.8, 4) is 0 Å². The third-order valence-electron chi connectivity index (χ3n) is 3.91. The summed E-state index contributed by atoms with van der Waals surface area (Å²) >= 11 is 0. The van der Waals surface area contributed by atoms with Gasteiger partial charge in [0.25, 0.3) is 0 Å². The Morgan fingerprint density at radius 1 is 1.31 bits per heavy atom. The molecule has 0 saturated heterocycles. The van der Waals surface area contributed by atoms with E-state index in [0.29, 0.717) is 0 Å². The SMILES string of the molecule is C=CCOC(=O)C(NC(=O)C(N)C=C1C=Cc2ccccc2N1)C(C)C. The minimum atomic E-state index is -0.902. The van der Waals surface area contributed by atoms with Gasteiger partial charge in [-0.15, -0.1) is 0 Å². The fourth-order valence-corrected chi connectivity index (χ4v) is 2.48. The molecule has 6 nitrogen and oxygen atoms in total. The van der Waals surface area contributed by atoms with Crippen LogP contribution in [0.3, 0.4) is 0 Å². The molecule has 0 radical (unpaired) electrons. The van der Waals surface area contributed by atoms with Crippen LogP contribution < -0.4 is 16.4 Å². The van der Waals surface area contributed by atoms with E-state index in [4.69, 9.17) is 10.5 Å². The van der Waals surface area contributed by atoms with Gasteiger partial charge in [-0.2, -0.15) is 0 Å². The molecule has 6 heteroatoms. The Hall–Kier alpha value is -2.86. The van der Waals surface area contributed by atoms with Crippen molar-refractivity contribution in [2.24, 2.45) is 11.7 Å². The number of rotatable bonds is 7. The number of fused-ring (bicyclic) bond motifs is 1. The third-order valence-corrected chi connectivity index (χ3v) is 3.91. The lowest BCUT2D eigenvalue weighted by Crippen LogP contribution is -2.50. The Morgan fingerprint density at radius 2 is 2.04 bits per heavy atom. The van der Waals surface area contributed by atoms with Crippen molar-refractivity contribution in [2.75, 3.05) is 11.9 Å². The molecule has 4 N–H and O–H groups in total. The molecule has 1 aromatic rings. The number of para-hydroxylation sites is 1. The minimum Gasteiger partial charge on any atom is -0.460 e. The van der Waals surface area contributed by atoms with Crippen LogP contribution in [0.2, 0.25) is 0 Å². The van der Waals surface area contributed by atoms with Gasteiger partial charge in [0, 0.05) is 11.4 Å². The maximum Gasteiger partial charge on any atom is 0.329 e. The van der Waals surface area contributed by atoms with Crippen LogP contribution in [0.5, 0.6) is 0 Å². The second-order valence-corrected chi connectivity index (χ2v) is 6.34. The molecule has 2 atom stereocenters. The number of amides is 1. The standard InChI is InChI=1S/C20H25N3O3/c1-4-11-26-20(25)18(13(2)3)23-19(24)16(21)12-15-10-9-14-7-5-6-8-17(14)22-15/h4-10,12-13,16,18,22H,1,11,21H2,2-3H3,(H,23,24). The molecule has 1 amide bonds. The highest BCUT2D eigenvalue weighted by Crippen LogP contribution is 2.23. The molecule has 26 heavy (non-hydrogen) atoms. The fraction of sp³-hybridized carbons (Fsp3) is 0.300. The fourth-order valence-electron chi connectivity index (χ4n) is 2.48. The highest BCUT2D eigenvalue weighted by molar-refractivity contribution is 5.89. The van der Waals surface area contributed by atoms with Gasteiger partial charge in [-0.05, 0) is 29.7 Å². The molecule has 1 heterocycles. The number of esters is 1. The number of allylic oxidation sites excluding steroid dienone is 1. The highest BCUT2D eigenvalue weighted by atomic mass is 16.5. The first-order valence-electron chi connectivity index (χ1n) is 8.51. The summed E-state index contributed by atoms with van der Waals surface area (Å²) in [6, 6.07) is 6.16. The molecule has 1 aliphatic heterocycles. The molecule has 0 bridgehead atoms. The predicted octanol–water partition coefficient (Wildman–Crippen LogP) is 2.21. The summed E-state index contributed by atoms with van der Waals surface area (Å²) < 4.78 is 5.03. The number of benzene rings is 1. The molecule has 0 aromatic heterocycles. The van der Waals surface area contributed by atoms with E-state index >= 15 is 0 Å². The zero-order valence-electron chi connectivity index (χ0n) is 15.1. The van der Waals surface area contributed by atoms with E-state index in [1.807, 2.05) is 50.3 Å². The van der Waals surface area contributed by atoms with Crippen LogP contribution >= 0.6 is 0 Å². The van der Waals surface area contributed by atoms with Crippen molar-refractivity contribution in [3.05, 3.63) is 60.3 Å². The van der Waals surface area contributed by atoms with Crippen LogP contribution in [0, 0.1) is 5.92 Å². The Labute approximate surface area is 153 Å². The van der Waals surface area contributed by atoms with E-state index in [2.05, 4.69) is 17.2 Å². The Balaban J connectivity index is 2.02. The molecular formula is C20H25N3O3. The van der Waals surface area contributed by atoms with E-state index in [1.165, 1.54) is 6.08 Å². The minimum absolute atomic E-state index is 0.0994. The van der Waals surface area contributed by atoms with Crippen LogP contribution in [-0.4, -0.2) is 30.6 Å². The normalized spacial score (nSPS) is 16.4. The van der Waals surface area contributed by atoms with E-state index < -0.39 is 24.0 Å². The number of carbonyl (C=O) groups is 2. The monoisotopic (exact) mass is 355 g/mol. The molecule has 138 valence electrons. The molecular weight excluding hydrogens is 330 g/mol. The average molecular weight is 355 g/mol. The van der Waals surface area contributed by atoms with Gasteiger partial charge >= 0.3 is 5.97 Å². The van der Waals surface area contributed by atoms with Crippen LogP contribution in [0.1, 0.15) is 19.4 Å². The molecule has 2 rings (SSSR count). The maximum atomic E-state index is 12.4. The Morgan fingerprint density at radius 3 is 2.73 bits per heavy atom. The van der Waals surface area contributed by atoms with Crippen LogP contribution in [0.4, 0.5) is 5.69 Å². The topological polar surface area (TPSA) is 93.5 Å². The predicted molar refractivity (Wildman–Crippen MR) is 103 cm³/mol. The number of carbonyl (C=O) groups excluding carboxylic acids is 2. The zero-order chi connectivity index (χ0) is 19.1. The van der Waals surface area contributed by atoms with Crippen molar-refractivity contribution in [1.29, 1.82) is 0 Å². The van der Waals surface area contributed by atoms with Crippen LogP contribution in [0.15, 0.2) is 54.8 Å². The van der Waals surface area contributed by atoms with E-state index in [1.54, 1.807) is 6.08 Å². The van der Waals surface area contributed by atoms with Gasteiger partial charge in [-0.3, -0.25) is 4.79 Å². The van der Waals surface area contributed by atoms with Gasteiger partial charge in [0.2, 0.25) is 5.91 Å². The summed E-state index contributed by atoms with van der Waals surface area (Å²) in [5, 5.41) is 5.89. The van der Waals surface area contributed by atoms with Gasteiger partial charge < -0.3 is 21.1 Å². The third kappa shape index (κ3) is 5.07. The molecule has 0 fully saturated rings. The second-order valence-electron chi connectivity index (χ2n) is 6.34. The first-order chi connectivity index (χ1) is 12.4. The van der Waals surface area contributed by atoms with Crippen molar-refractivity contribution >= 4 is 23.6 Å². The van der Waals surface area contributed by atoms with Crippen molar-refractivity contribution in [1.82, 2.24) is 5.32 Å². The van der Waals surface area contributed by atoms with Crippen molar-refractivity contribution in [2.45, 2.75) is 25.9 Å². The summed E-state index contributed by atoms with van der Waals surface area (Å²) in [6.07, 6.45) is 6.90. The largest absolute Gasteiger partial charge is 0.460 e. The quantitative estimate of drug-likeness (QED) is 0.515. The molecule has 2 unspecified atom stereocenters. The number of anilines is 1. The van der Waals surface area contributed by atoms with E-state index in [0.717, 1.165) is 16.9 Å². The lowest BCUT2D eigenvalue weighted by molar-refractivity contribution is -0.148. The van der Waals surface area contributed by atoms with Crippen LogP contribution in [-0.2, 0) is 14.3 Å². The van der Waals surface area contributed by atoms with Crippen molar-refractivity contribution in [3.63, 3.8) is 0 Å². The zero-order valence-corrected chi connectivity index (χ0v) is 15.1. The molecule has 0 saturated carbocycles. The first-order valence-corrected chi connectivity index (χ1v) is 8.51. The summed E-state index contributed by atoms with van der Waals surface area (Å²) in [5.74, 6) is -1.07. The molecule has 1 aromatic carbocycles. The lowest BCUT2D eigenvalue weighted by Gasteiger charge is -2.22. The Bertz CT molecular complexity index is 738. The van der Waals surface area contributed by atoms with Gasteiger partial charge in [0.1, 0.15) is 18.7 Å². The first kappa shape index (κ1) is 19.5. The van der Waals surface area contributed by atoms with Gasteiger partial charge in [0.15, 0.2) is 0 Å². The van der Waals surface area contributed by atoms with E-state index in [9.17, 15) is 9.59 Å². The number of nitrogens with one attached hydrogen (secondary N) is 2. The second kappa shape index (κ2) is 9.01. The van der Waals surface area contributed by atoms with Gasteiger partial charge in [0.05, 0.1) is 0 Å². The molecule has 0 spiro atoms. The lowest BCUT2D eigenvalue weighted by atomic mass is 10.0. The van der Waals surface area contributed by atoms with Crippen LogP contribution in [0.25, 0.3) is 6.08 Å². The smallest absolute Gasteiger partial charge is 0.329 e. The summed E-state index contributed by atoms with van der Waals surface area (Å²) in [4.78, 5) is 24.5. The molecule has 1 aliphatic rings. The highest BCUT2D eigenvalue weighted by Gasteiger charge is 2.27. The average Bonchev–Trinajstić information content (AvgIpc) is 2.63. The number of nitrogens with two attached hydrogens (primary N) is 1. The summed E-state index contributed by atoms with van der Waals surface area (Å²) in [6.45, 7) is 7.25. The number of ether oxygens (including phenoxy) is 1. The Kier molecular flexibility index (Phi) is 6.74. The summed E-state index contributed by atoms with van der Waals surface area (Å²) in [7, 11) is 0.